The molecule has 1 spiro atoms. The van der Waals surface area contributed by atoms with Gasteiger partial charge >= 0.3 is 0 Å². The smallest absolute Gasteiger partial charge is 0.0703 e. The van der Waals surface area contributed by atoms with Crippen molar-refractivity contribution in [3.63, 3.8) is 0 Å². The van der Waals surface area contributed by atoms with E-state index in [1.165, 1.54) is 24.8 Å². The fraction of sp³-hybridized carbons (Fsp3) is 0.812. The summed E-state index contributed by atoms with van der Waals surface area (Å²) in [6.07, 6.45) is 8.21. The second-order valence-electron chi connectivity index (χ2n) is 6.42. The van der Waals surface area contributed by atoms with Crippen molar-refractivity contribution in [2.24, 2.45) is 0 Å². The Hall–Kier alpha value is -0.910. The Labute approximate surface area is 127 Å². The number of hydrogen-bond acceptors (Lipinski definition) is 4. The molecule has 1 aromatic heterocycles. The molecule has 118 valence electrons. The van der Waals surface area contributed by atoms with E-state index in [1.807, 2.05) is 0 Å². The lowest BCUT2D eigenvalue weighted by Gasteiger charge is -2.47. The van der Waals surface area contributed by atoms with Crippen LogP contribution in [-0.4, -0.2) is 42.2 Å². The van der Waals surface area contributed by atoms with E-state index < -0.39 is 0 Å². The fourth-order valence-electron chi connectivity index (χ4n) is 3.42. The molecule has 1 N–H and O–H groups in total. The summed E-state index contributed by atoms with van der Waals surface area (Å²) in [6.45, 7) is 5.47. The largest absolute Gasteiger partial charge is 0.383 e. The van der Waals surface area contributed by atoms with Crippen LogP contribution in [0.2, 0.25) is 0 Å². The van der Waals surface area contributed by atoms with Crippen molar-refractivity contribution in [3.05, 3.63) is 17.5 Å². The molecule has 1 saturated heterocycles. The highest BCUT2D eigenvalue weighted by Gasteiger charge is 2.43. The first-order valence-corrected chi connectivity index (χ1v) is 8.11. The first kappa shape index (κ1) is 15.0. The topological polar surface area (TPSA) is 48.3 Å². The van der Waals surface area contributed by atoms with Gasteiger partial charge in [0, 0.05) is 38.6 Å². The number of rotatable bonds is 6. The Balaban J connectivity index is 1.60. The summed E-state index contributed by atoms with van der Waals surface area (Å²) in [5, 5.41) is 8.14. The van der Waals surface area contributed by atoms with Crippen LogP contribution in [-0.2, 0) is 16.0 Å². The molecule has 0 aromatic carbocycles. The van der Waals surface area contributed by atoms with Crippen molar-refractivity contribution >= 4 is 0 Å². The molecule has 1 aliphatic heterocycles. The van der Waals surface area contributed by atoms with Gasteiger partial charge in [-0.1, -0.05) is 0 Å². The molecule has 5 nitrogen and oxygen atoms in total. The summed E-state index contributed by atoms with van der Waals surface area (Å²) in [4.78, 5) is 0. The Morgan fingerprint density at radius 3 is 3.10 bits per heavy atom. The van der Waals surface area contributed by atoms with E-state index in [4.69, 9.17) is 14.6 Å². The summed E-state index contributed by atoms with van der Waals surface area (Å²) in [5.41, 5.74) is 2.61. The summed E-state index contributed by atoms with van der Waals surface area (Å²) in [6, 6.07) is 0.505. The van der Waals surface area contributed by atoms with Gasteiger partial charge in [-0.25, -0.2) is 0 Å². The third kappa shape index (κ3) is 3.30. The molecule has 1 aromatic rings. The predicted molar refractivity (Wildman–Crippen MR) is 81.4 cm³/mol. The quantitative estimate of drug-likeness (QED) is 0.817. The second kappa shape index (κ2) is 6.46. The van der Waals surface area contributed by atoms with Gasteiger partial charge < -0.3 is 14.8 Å². The third-order valence-corrected chi connectivity index (χ3v) is 4.92. The van der Waals surface area contributed by atoms with Crippen LogP contribution in [0.3, 0.4) is 0 Å². The highest BCUT2D eigenvalue weighted by atomic mass is 16.5. The SMILES string of the molecule is COCCNCc1cn(C2CCOC3(CCC3)C2)nc1C. The third-order valence-electron chi connectivity index (χ3n) is 4.92. The van der Waals surface area contributed by atoms with Gasteiger partial charge in [0.15, 0.2) is 0 Å². The standard InChI is InChI=1S/C16H27N3O2/c1-13-14(11-17-7-9-20-2)12-19(18-13)15-4-8-21-16(10-15)5-3-6-16/h12,15,17H,3-11H2,1-2H3. The molecular formula is C16H27N3O2. The molecule has 1 unspecified atom stereocenters. The summed E-state index contributed by atoms with van der Waals surface area (Å²) in [7, 11) is 1.73. The number of nitrogens with zero attached hydrogens (tertiary/aromatic N) is 2. The van der Waals surface area contributed by atoms with Gasteiger partial charge in [-0.2, -0.15) is 5.10 Å². The van der Waals surface area contributed by atoms with E-state index in [9.17, 15) is 0 Å². The van der Waals surface area contributed by atoms with E-state index >= 15 is 0 Å². The van der Waals surface area contributed by atoms with Gasteiger partial charge in [-0.3, -0.25) is 4.68 Å². The van der Waals surface area contributed by atoms with Crippen LogP contribution in [0.5, 0.6) is 0 Å². The lowest BCUT2D eigenvalue weighted by molar-refractivity contribution is -0.141. The minimum atomic E-state index is 0.180. The Bertz CT molecular complexity index is 468. The monoisotopic (exact) mass is 293 g/mol. The van der Waals surface area contributed by atoms with Gasteiger partial charge in [-0.05, 0) is 39.0 Å². The maximum atomic E-state index is 6.01. The molecule has 0 radical (unpaired) electrons. The number of aromatic nitrogens is 2. The lowest BCUT2D eigenvalue weighted by atomic mass is 9.74. The molecule has 1 saturated carbocycles. The number of ether oxygens (including phenoxy) is 2. The van der Waals surface area contributed by atoms with Gasteiger partial charge in [-0.15, -0.1) is 0 Å². The molecule has 0 bridgehead atoms. The van der Waals surface area contributed by atoms with E-state index in [0.717, 1.165) is 44.8 Å². The Kier molecular flexibility index (Phi) is 4.62. The van der Waals surface area contributed by atoms with Gasteiger partial charge in [0.1, 0.15) is 0 Å². The van der Waals surface area contributed by atoms with Crippen molar-refractivity contribution in [2.45, 2.75) is 57.2 Å². The first-order valence-electron chi connectivity index (χ1n) is 8.11. The van der Waals surface area contributed by atoms with E-state index in [2.05, 4.69) is 23.1 Å². The maximum Gasteiger partial charge on any atom is 0.0703 e. The van der Waals surface area contributed by atoms with Gasteiger partial charge in [0.2, 0.25) is 0 Å². The lowest BCUT2D eigenvalue weighted by Crippen LogP contribution is -2.46. The fourth-order valence-corrected chi connectivity index (χ4v) is 3.42. The molecular weight excluding hydrogens is 266 g/mol. The number of aryl methyl sites for hydroxylation is 1. The van der Waals surface area contributed by atoms with Gasteiger partial charge in [0.25, 0.3) is 0 Å². The second-order valence-corrected chi connectivity index (χ2v) is 6.42. The van der Waals surface area contributed by atoms with Crippen molar-refractivity contribution in [2.75, 3.05) is 26.9 Å². The highest BCUT2D eigenvalue weighted by molar-refractivity contribution is 5.16. The number of hydrogen-bond donors (Lipinski definition) is 1. The molecule has 1 atom stereocenters. The zero-order valence-corrected chi connectivity index (χ0v) is 13.2. The predicted octanol–water partition coefficient (Wildman–Crippen LogP) is 2.20. The molecule has 21 heavy (non-hydrogen) atoms. The van der Waals surface area contributed by atoms with Crippen LogP contribution in [0, 0.1) is 6.92 Å². The molecule has 5 heteroatoms. The molecule has 2 heterocycles. The van der Waals surface area contributed by atoms with E-state index in [0.29, 0.717) is 6.04 Å². The summed E-state index contributed by atoms with van der Waals surface area (Å²) >= 11 is 0. The number of nitrogens with one attached hydrogen (secondary N) is 1. The minimum Gasteiger partial charge on any atom is -0.383 e. The van der Waals surface area contributed by atoms with Crippen molar-refractivity contribution in [1.29, 1.82) is 0 Å². The molecule has 0 amide bonds. The van der Waals surface area contributed by atoms with Crippen LogP contribution >= 0.6 is 0 Å². The maximum absolute atomic E-state index is 6.01. The zero-order valence-electron chi connectivity index (χ0n) is 13.2. The van der Waals surface area contributed by atoms with E-state index in [1.54, 1.807) is 7.11 Å². The summed E-state index contributed by atoms with van der Waals surface area (Å²) < 4.78 is 13.3. The van der Waals surface area contributed by atoms with Crippen molar-refractivity contribution < 1.29 is 9.47 Å². The van der Waals surface area contributed by atoms with E-state index in [-0.39, 0.29) is 5.60 Å². The van der Waals surface area contributed by atoms with Crippen LogP contribution in [0.15, 0.2) is 6.20 Å². The molecule has 3 rings (SSSR count). The van der Waals surface area contributed by atoms with Crippen LogP contribution in [0.1, 0.15) is 49.4 Å². The molecule has 2 aliphatic rings. The van der Waals surface area contributed by atoms with Crippen LogP contribution in [0.25, 0.3) is 0 Å². The minimum absolute atomic E-state index is 0.180. The normalized spacial score (nSPS) is 24.2. The van der Waals surface area contributed by atoms with Crippen molar-refractivity contribution in [3.8, 4) is 0 Å². The average Bonchev–Trinajstić information content (AvgIpc) is 2.83. The van der Waals surface area contributed by atoms with Crippen LogP contribution in [0.4, 0.5) is 0 Å². The average molecular weight is 293 g/mol. The molecule has 1 aliphatic carbocycles. The number of methoxy groups -OCH3 is 1. The highest BCUT2D eigenvalue weighted by Crippen LogP contribution is 2.45. The zero-order chi connectivity index (χ0) is 14.7. The Morgan fingerprint density at radius 1 is 1.52 bits per heavy atom. The first-order chi connectivity index (χ1) is 10.2. The summed E-state index contributed by atoms with van der Waals surface area (Å²) in [5.74, 6) is 0. The molecule has 2 fully saturated rings. The van der Waals surface area contributed by atoms with Crippen molar-refractivity contribution in [1.82, 2.24) is 15.1 Å². The van der Waals surface area contributed by atoms with Crippen LogP contribution < -0.4 is 5.32 Å². The Morgan fingerprint density at radius 2 is 2.38 bits per heavy atom. The van der Waals surface area contributed by atoms with Gasteiger partial charge in [0.05, 0.1) is 23.9 Å².